The minimum atomic E-state index is -0.583. The Balaban J connectivity index is 2.10. The molecule has 3 rings (SSSR count). The van der Waals surface area contributed by atoms with Gasteiger partial charge in [-0.25, -0.2) is 4.98 Å². The minimum absolute atomic E-state index is 0.199. The van der Waals surface area contributed by atoms with Crippen LogP contribution in [0.3, 0.4) is 0 Å². The van der Waals surface area contributed by atoms with Gasteiger partial charge in [-0.15, -0.1) is 0 Å². The zero-order chi connectivity index (χ0) is 17.1. The van der Waals surface area contributed by atoms with E-state index in [0.29, 0.717) is 11.3 Å². The van der Waals surface area contributed by atoms with E-state index in [0.717, 1.165) is 22.0 Å². The first-order valence-electron chi connectivity index (χ1n) is 7.58. The summed E-state index contributed by atoms with van der Waals surface area (Å²) in [4.78, 5) is 28.0. The van der Waals surface area contributed by atoms with Crippen molar-refractivity contribution in [3.63, 3.8) is 0 Å². The van der Waals surface area contributed by atoms with Crippen LogP contribution in [0, 0.1) is 6.92 Å². The van der Waals surface area contributed by atoms with Gasteiger partial charge in [0.15, 0.2) is 0 Å². The standard InChI is InChI=1S/C19H17N3O2/c1-12-6-8-13(9-7-12)17-10-15(19(24)21-11-18(20)23)14-4-2-3-5-16(14)22-17/h2-10H,11H2,1H3,(H2,20,23)(H,21,24). The van der Waals surface area contributed by atoms with Gasteiger partial charge in [0.1, 0.15) is 0 Å². The number of para-hydroxylation sites is 1. The molecule has 0 radical (unpaired) electrons. The van der Waals surface area contributed by atoms with E-state index in [1.54, 1.807) is 6.07 Å². The number of nitrogens with two attached hydrogens (primary N) is 1. The molecule has 120 valence electrons. The van der Waals surface area contributed by atoms with E-state index in [4.69, 9.17) is 5.73 Å². The molecule has 0 bridgehead atoms. The number of hydrogen-bond donors (Lipinski definition) is 2. The van der Waals surface area contributed by atoms with E-state index in [1.165, 1.54) is 0 Å². The lowest BCUT2D eigenvalue weighted by Gasteiger charge is -2.10. The van der Waals surface area contributed by atoms with Gasteiger partial charge in [0.05, 0.1) is 23.3 Å². The molecule has 0 unspecified atom stereocenters. The fourth-order valence-corrected chi connectivity index (χ4v) is 2.50. The van der Waals surface area contributed by atoms with Gasteiger partial charge in [0.25, 0.3) is 5.91 Å². The topological polar surface area (TPSA) is 85.1 Å². The van der Waals surface area contributed by atoms with Crippen LogP contribution in [0.2, 0.25) is 0 Å². The summed E-state index contributed by atoms with van der Waals surface area (Å²) in [6.07, 6.45) is 0. The van der Waals surface area contributed by atoms with Crippen molar-refractivity contribution >= 4 is 22.7 Å². The van der Waals surface area contributed by atoms with Gasteiger partial charge < -0.3 is 11.1 Å². The third-order valence-corrected chi connectivity index (χ3v) is 3.73. The summed E-state index contributed by atoms with van der Waals surface area (Å²) in [5.41, 5.74) is 9.08. The van der Waals surface area contributed by atoms with E-state index in [1.807, 2.05) is 55.5 Å². The molecule has 0 spiro atoms. The smallest absolute Gasteiger partial charge is 0.252 e. The van der Waals surface area contributed by atoms with E-state index >= 15 is 0 Å². The zero-order valence-corrected chi connectivity index (χ0v) is 13.2. The highest BCUT2D eigenvalue weighted by molar-refractivity contribution is 6.07. The first kappa shape index (κ1) is 15.7. The molecule has 1 aromatic heterocycles. The fraction of sp³-hybridized carbons (Fsp3) is 0.105. The molecule has 0 aliphatic rings. The molecule has 1 heterocycles. The van der Waals surface area contributed by atoms with E-state index in [-0.39, 0.29) is 12.5 Å². The summed E-state index contributed by atoms with van der Waals surface area (Å²) < 4.78 is 0. The largest absolute Gasteiger partial charge is 0.368 e. The highest BCUT2D eigenvalue weighted by Gasteiger charge is 2.14. The van der Waals surface area contributed by atoms with Gasteiger partial charge in [-0.1, -0.05) is 48.0 Å². The molecule has 2 aromatic carbocycles. The van der Waals surface area contributed by atoms with E-state index in [9.17, 15) is 9.59 Å². The molecular formula is C19H17N3O2. The Morgan fingerprint density at radius 3 is 2.50 bits per heavy atom. The first-order chi connectivity index (χ1) is 11.5. The number of benzene rings is 2. The fourth-order valence-electron chi connectivity index (χ4n) is 2.50. The van der Waals surface area contributed by atoms with Crippen molar-refractivity contribution < 1.29 is 9.59 Å². The number of aryl methyl sites for hydroxylation is 1. The van der Waals surface area contributed by atoms with Gasteiger partial charge in [-0.05, 0) is 19.1 Å². The van der Waals surface area contributed by atoms with Crippen molar-refractivity contribution in [2.45, 2.75) is 6.92 Å². The van der Waals surface area contributed by atoms with Crippen LogP contribution in [0.4, 0.5) is 0 Å². The molecule has 3 aromatic rings. The summed E-state index contributed by atoms with van der Waals surface area (Å²) in [5.74, 6) is -0.929. The van der Waals surface area contributed by atoms with Gasteiger partial charge in [-0.3, -0.25) is 9.59 Å². The summed E-state index contributed by atoms with van der Waals surface area (Å²) >= 11 is 0. The van der Waals surface area contributed by atoms with Gasteiger partial charge in [-0.2, -0.15) is 0 Å². The van der Waals surface area contributed by atoms with Crippen molar-refractivity contribution in [2.75, 3.05) is 6.54 Å². The molecule has 0 fully saturated rings. The van der Waals surface area contributed by atoms with Crippen LogP contribution in [-0.4, -0.2) is 23.3 Å². The van der Waals surface area contributed by atoms with Crippen LogP contribution in [0.25, 0.3) is 22.2 Å². The van der Waals surface area contributed by atoms with Crippen LogP contribution in [0.15, 0.2) is 54.6 Å². The third-order valence-electron chi connectivity index (χ3n) is 3.73. The molecule has 24 heavy (non-hydrogen) atoms. The molecular weight excluding hydrogens is 302 g/mol. The Morgan fingerprint density at radius 1 is 1.08 bits per heavy atom. The van der Waals surface area contributed by atoms with Crippen LogP contribution in [-0.2, 0) is 4.79 Å². The highest BCUT2D eigenvalue weighted by atomic mass is 16.2. The Kier molecular flexibility index (Phi) is 4.24. The second-order valence-corrected chi connectivity index (χ2v) is 5.59. The van der Waals surface area contributed by atoms with E-state index in [2.05, 4.69) is 10.3 Å². The quantitative estimate of drug-likeness (QED) is 0.774. The van der Waals surface area contributed by atoms with Gasteiger partial charge in [0, 0.05) is 10.9 Å². The number of carbonyl (C=O) groups excluding carboxylic acids is 2. The summed E-state index contributed by atoms with van der Waals surface area (Å²) in [6.45, 7) is 1.82. The Labute approximate surface area is 139 Å². The molecule has 3 N–H and O–H groups in total. The average Bonchev–Trinajstić information content (AvgIpc) is 2.59. The summed E-state index contributed by atoms with van der Waals surface area (Å²) in [5, 5.41) is 3.27. The maximum atomic E-state index is 12.5. The zero-order valence-electron chi connectivity index (χ0n) is 13.2. The monoisotopic (exact) mass is 319 g/mol. The second kappa shape index (κ2) is 6.50. The molecule has 5 heteroatoms. The number of hydrogen-bond acceptors (Lipinski definition) is 3. The predicted molar refractivity (Wildman–Crippen MR) is 93.4 cm³/mol. The lowest BCUT2D eigenvalue weighted by atomic mass is 10.0. The third kappa shape index (κ3) is 3.25. The SMILES string of the molecule is Cc1ccc(-c2cc(C(=O)NCC(N)=O)c3ccccc3n2)cc1. The maximum Gasteiger partial charge on any atom is 0.252 e. The number of amides is 2. The van der Waals surface area contributed by atoms with Gasteiger partial charge >= 0.3 is 0 Å². The molecule has 5 nitrogen and oxygen atoms in total. The van der Waals surface area contributed by atoms with Crippen molar-refractivity contribution in [1.29, 1.82) is 0 Å². The average molecular weight is 319 g/mol. The van der Waals surface area contributed by atoms with Gasteiger partial charge in [0.2, 0.25) is 5.91 Å². The van der Waals surface area contributed by atoms with Crippen LogP contribution < -0.4 is 11.1 Å². The van der Waals surface area contributed by atoms with Crippen LogP contribution >= 0.6 is 0 Å². The van der Waals surface area contributed by atoms with Crippen molar-refractivity contribution in [2.24, 2.45) is 5.73 Å². The van der Waals surface area contributed by atoms with Crippen molar-refractivity contribution in [1.82, 2.24) is 10.3 Å². The maximum absolute atomic E-state index is 12.5. The van der Waals surface area contributed by atoms with Crippen molar-refractivity contribution in [3.8, 4) is 11.3 Å². The number of nitrogens with one attached hydrogen (secondary N) is 1. The predicted octanol–water partition coefficient (Wildman–Crippen LogP) is 2.43. The lowest BCUT2D eigenvalue weighted by Crippen LogP contribution is -2.33. The minimum Gasteiger partial charge on any atom is -0.368 e. The highest BCUT2D eigenvalue weighted by Crippen LogP contribution is 2.25. The molecule has 2 amide bonds. The Bertz CT molecular complexity index is 918. The number of primary amides is 1. The molecule has 0 aliphatic carbocycles. The van der Waals surface area contributed by atoms with Crippen molar-refractivity contribution in [3.05, 3.63) is 65.7 Å². The number of pyridine rings is 1. The van der Waals surface area contributed by atoms with E-state index < -0.39 is 5.91 Å². The van der Waals surface area contributed by atoms with Crippen LogP contribution in [0.5, 0.6) is 0 Å². The summed E-state index contributed by atoms with van der Waals surface area (Å²) in [6, 6.07) is 17.1. The molecule has 0 aliphatic heterocycles. The Hall–Kier alpha value is -3.21. The molecule has 0 saturated heterocycles. The number of rotatable bonds is 4. The first-order valence-corrected chi connectivity index (χ1v) is 7.58. The number of aromatic nitrogens is 1. The second-order valence-electron chi connectivity index (χ2n) is 5.59. The molecule has 0 atom stereocenters. The number of carbonyl (C=O) groups is 2. The van der Waals surface area contributed by atoms with Crippen LogP contribution in [0.1, 0.15) is 15.9 Å². The number of fused-ring (bicyclic) bond motifs is 1. The normalized spacial score (nSPS) is 10.5. The lowest BCUT2D eigenvalue weighted by molar-refractivity contribution is -0.117. The number of nitrogens with zero attached hydrogens (tertiary/aromatic N) is 1. The summed E-state index contributed by atoms with van der Waals surface area (Å²) in [7, 11) is 0. The molecule has 0 saturated carbocycles. The Morgan fingerprint density at radius 2 is 1.79 bits per heavy atom.